The largest absolute Gasteiger partial charge is 0.436 e. The molecular weight excluding hydrogens is 270 g/mol. The highest BCUT2D eigenvalue weighted by Gasteiger charge is 2.08. The molecule has 7 nitrogen and oxygen atoms in total. The van der Waals surface area contributed by atoms with Crippen molar-refractivity contribution >= 4 is 5.82 Å². The van der Waals surface area contributed by atoms with E-state index in [9.17, 15) is 0 Å². The monoisotopic (exact) mass is 291 g/mol. The smallest absolute Gasteiger partial charge is 0.224 e. The molecule has 2 rings (SSSR count). The molecule has 7 heteroatoms. The Hall–Kier alpha value is -2.15. The van der Waals surface area contributed by atoms with Crippen LogP contribution in [-0.2, 0) is 11.3 Å². The number of nitrogens with zero attached hydrogens (tertiary/aromatic N) is 4. The van der Waals surface area contributed by atoms with Gasteiger partial charge in [0.1, 0.15) is 12.4 Å². The van der Waals surface area contributed by atoms with Crippen LogP contribution in [0.5, 0.6) is 11.6 Å². The lowest BCUT2D eigenvalue weighted by molar-refractivity contribution is 0.128. The van der Waals surface area contributed by atoms with Gasteiger partial charge in [0.05, 0.1) is 12.4 Å². The van der Waals surface area contributed by atoms with Crippen LogP contribution in [-0.4, -0.2) is 33.4 Å². The summed E-state index contributed by atoms with van der Waals surface area (Å²) < 4.78 is 12.9. The molecule has 0 fully saturated rings. The summed E-state index contributed by atoms with van der Waals surface area (Å²) in [4.78, 5) is 8.65. The third kappa shape index (κ3) is 4.16. The van der Waals surface area contributed by atoms with Crippen LogP contribution >= 0.6 is 0 Å². The van der Waals surface area contributed by atoms with Crippen LogP contribution < -0.4 is 10.1 Å². The highest BCUT2D eigenvalue weighted by molar-refractivity contribution is 5.38. The van der Waals surface area contributed by atoms with Gasteiger partial charge in [-0.25, -0.2) is 4.98 Å². The molecule has 0 atom stereocenters. The Kier molecular flexibility index (Phi) is 5.10. The fraction of sp³-hybridized carbons (Fsp3) is 0.500. The Morgan fingerprint density at radius 3 is 2.76 bits per heavy atom. The number of anilines is 1. The number of rotatable bonds is 7. The number of aromatic nitrogens is 4. The second-order valence-electron chi connectivity index (χ2n) is 4.75. The van der Waals surface area contributed by atoms with E-state index < -0.39 is 0 Å². The summed E-state index contributed by atoms with van der Waals surface area (Å²) in [6.45, 7) is 7.01. The molecule has 1 N–H and O–H groups in total. The second-order valence-corrected chi connectivity index (χ2v) is 4.75. The summed E-state index contributed by atoms with van der Waals surface area (Å²) in [5.41, 5.74) is 0. The fourth-order valence-electron chi connectivity index (χ4n) is 1.69. The molecule has 2 aromatic rings. The minimum Gasteiger partial charge on any atom is -0.436 e. The molecule has 0 amide bonds. The van der Waals surface area contributed by atoms with Crippen molar-refractivity contribution in [2.75, 3.05) is 19.0 Å². The van der Waals surface area contributed by atoms with Gasteiger partial charge in [-0.15, -0.1) is 0 Å². The predicted octanol–water partition coefficient (Wildman–Crippen LogP) is 2.62. The molecule has 0 aliphatic heterocycles. The zero-order valence-electron chi connectivity index (χ0n) is 12.8. The summed E-state index contributed by atoms with van der Waals surface area (Å²) >= 11 is 0. The zero-order chi connectivity index (χ0) is 15.2. The number of ether oxygens (including phenoxy) is 2. The molecule has 2 heterocycles. The second kappa shape index (κ2) is 7.03. The highest BCUT2D eigenvalue weighted by atomic mass is 16.5. The molecule has 0 aliphatic carbocycles. The molecule has 0 saturated carbocycles. The minimum atomic E-state index is 0.286. The maximum Gasteiger partial charge on any atom is 0.224 e. The van der Waals surface area contributed by atoms with Crippen LogP contribution in [0.2, 0.25) is 0 Å². The van der Waals surface area contributed by atoms with Gasteiger partial charge in [-0.1, -0.05) is 0 Å². The van der Waals surface area contributed by atoms with E-state index in [0.29, 0.717) is 36.5 Å². The van der Waals surface area contributed by atoms with Crippen molar-refractivity contribution in [1.29, 1.82) is 0 Å². The van der Waals surface area contributed by atoms with E-state index in [4.69, 9.17) is 9.47 Å². The van der Waals surface area contributed by atoms with E-state index in [1.54, 1.807) is 19.3 Å². The molecule has 0 aliphatic rings. The van der Waals surface area contributed by atoms with Crippen molar-refractivity contribution in [2.24, 2.45) is 0 Å². The standard InChI is InChI=1S/C14H21N5O2/c1-5-20-9-13-17-12(15-4)6-14(18-13)21-11-7-16-19(8-11)10(2)3/h6-8,10H,5,9H2,1-4H3,(H,15,17,18). The van der Waals surface area contributed by atoms with Crippen LogP contribution in [0.25, 0.3) is 0 Å². The SMILES string of the molecule is CCOCc1nc(NC)cc(Oc2cnn(C(C)C)c2)n1. The van der Waals surface area contributed by atoms with Crippen LogP contribution in [0, 0.1) is 0 Å². The maximum absolute atomic E-state index is 5.74. The van der Waals surface area contributed by atoms with Crippen molar-refractivity contribution in [2.45, 2.75) is 33.4 Å². The highest BCUT2D eigenvalue weighted by Crippen LogP contribution is 2.22. The van der Waals surface area contributed by atoms with Gasteiger partial charge < -0.3 is 14.8 Å². The van der Waals surface area contributed by atoms with Crippen molar-refractivity contribution in [3.8, 4) is 11.6 Å². The lowest BCUT2D eigenvalue weighted by atomic mass is 10.4. The zero-order valence-corrected chi connectivity index (χ0v) is 12.8. The Bertz CT molecular complexity index is 582. The van der Waals surface area contributed by atoms with Gasteiger partial charge in [0.15, 0.2) is 11.6 Å². The first kappa shape index (κ1) is 15.2. The van der Waals surface area contributed by atoms with Crippen LogP contribution in [0.3, 0.4) is 0 Å². The molecule has 0 aromatic carbocycles. The molecule has 0 spiro atoms. The maximum atomic E-state index is 5.74. The number of hydrogen-bond acceptors (Lipinski definition) is 6. The van der Waals surface area contributed by atoms with Crippen LogP contribution in [0.15, 0.2) is 18.5 Å². The predicted molar refractivity (Wildman–Crippen MR) is 79.6 cm³/mol. The van der Waals surface area contributed by atoms with Crippen molar-refractivity contribution in [3.63, 3.8) is 0 Å². The van der Waals surface area contributed by atoms with Gasteiger partial charge in [-0.3, -0.25) is 4.68 Å². The first-order valence-corrected chi connectivity index (χ1v) is 6.97. The molecule has 2 aromatic heterocycles. The average molecular weight is 291 g/mol. The first-order valence-electron chi connectivity index (χ1n) is 6.97. The molecule has 0 saturated heterocycles. The Balaban J connectivity index is 2.17. The lowest BCUT2D eigenvalue weighted by Crippen LogP contribution is -2.04. The summed E-state index contributed by atoms with van der Waals surface area (Å²) in [5, 5.41) is 7.22. The average Bonchev–Trinajstić information content (AvgIpc) is 2.93. The van der Waals surface area contributed by atoms with E-state index in [0.717, 1.165) is 0 Å². The minimum absolute atomic E-state index is 0.286. The Morgan fingerprint density at radius 2 is 2.14 bits per heavy atom. The van der Waals surface area contributed by atoms with Crippen molar-refractivity contribution in [3.05, 3.63) is 24.3 Å². The van der Waals surface area contributed by atoms with Crippen LogP contribution in [0.4, 0.5) is 5.82 Å². The number of nitrogens with one attached hydrogen (secondary N) is 1. The van der Waals surface area contributed by atoms with Gasteiger partial charge in [0, 0.05) is 25.8 Å². The molecular formula is C14H21N5O2. The quantitative estimate of drug-likeness (QED) is 0.845. The summed E-state index contributed by atoms with van der Waals surface area (Å²) in [7, 11) is 1.80. The van der Waals surface area contributed by atoms with Gasteiger partial charge in [-0.2, -0.15) is 10.1 Å². The summed E-state index contributed by atoms with van der Waals surface area (Å²) in [5.74, 6) is 2.38. The summed E-state index contributed by atoms with van der Waals surface area (Å²) in [6.07, 6.45) is 3.51. The normalized spacial score (nSPS) is 10.9. The summed E-state index contributed by atoms with van der Waals surface area (Å²) in [6, 6.07) is 2.02. The van der Waals surface area contributed by atoms with E-state index >= 15 is 0 Å². The van der Waals surface area contributed by atoms with Gasteiger partial charge >= 0.3 is 0 Å². The lowest BCUT2D eigenvalue weighted by Gasteiger charge is -2.08. The van der Waals surface area contributed by atoms with Gasteiger partial charge in [-0.05, 0) is 20.8 Å². The fourth-order valence-corrected chi connectivity index (χ4v) is 1.69. The Labute approximate surface area is 124 Å². The molecule has 0 unspecified atom stereocenters. The van der Waals surface area contributed by atoms with E-state index in [1.807, 2.05) is 17.8 Å². The molecule has 21 heavy (non-hydrogen) atoms. The third-order valence-corrected chi connectivity index (χ3v) is 2.77. The van der Waals surface area contributed by atoms with E-state index in [-0.39, 0.29) is 6.04 Å². The van der Waals surface area contributed by atoms with E-state index in [2.05, 4.69) is 34.2 Å². The topological polar surface area (TPSA) is 74.1 Å². The van der Waals surface area contributed by atoms with Gasteiger partial charge in [0.2, 0.25) is 5.88 Å². The van der Waals surface area contributed by atoms with Crippen LogP contribution in [0.1, 0.15) is 32.6 Å². The Morgan fingerprint density at radius 1 is 1.33 bits per heavy atom. The van der Waals surface area contributed by atoms with Crippen molar-refractivity contribution in [1.82, 2.24) is 19.7 Å². The molecule has 0 radical (unpaired) electrons. The van der Waals surface area contributed by atoms with E-state index in [1.165, 1.54) is 0 Å². The first-order chi connectivity index (χ1) is 10.1. The number of hydrogen-bond donors (Lipinski definition) is 1. The molecule has 0 bridgehead atoms. The third-order valence-electron chi connectivity index (χ3n) is 2.77. The van der Waals surface area contributed by atoms with Crippen molar-refractivity contribution < 1.29 is 9.47 Å². The molecule has 114 valence electrons. The van der Waals surface area contributed by atoms with Gasteiger partial charge in [0.25, 0.3) is 0 Å².